The molecule has 16 amide bonds. The molecule has 115 heavy (non-hydrogen) atoms. The summed E-state index contributed by atoms with van der Waals surface area (Å²) in [6.07, 6.45) is -6.26. The monoisotopic (exact) mass is 1640 g/mol. The Kier molecular flexibility index (Phi) is 45.7. The number of nitrogens with one attached hydrogen (secondary N) is 15. The van der Waals surface area contributed by atoms with Crippen LogP contribution in [0.25, 0.3) is 0 Å². The van der Waals surface area contributed by atoms with Crippen molar-refractivity contribution in [1.82, 2.24) is 84.4 Å². The molecule has 1 aromatic rings. The van der Waals surface area contributed by atoms with Gasteiger partial charge in [0.2, 0.25) is 94.5 Å². The normalized spacial score (nSPS) is 15.8. The molecule has 0 fully saturated rings. The van der Waals surface area contributed by atoms with E-state index in [0.29, 0.717) is 5.69 Å². The van der Waals surface area contributed by atoms with Crippen molar-refractivity contribution < 1.29 is 122 Å². The van der Waals surface area contributed by atoms with Crippen LogP contribution in [-0.2, 0) is 92.7 Å². The molecule has 0 bridgehead atoms. The first kappa shape index (κ1) is 102. The van der Waals surface area contributed by atoms with Crippen molar-refractivity contribution in [3.63, 3.8) is 0 Å². The van der Waals surface area contributed by atoms with Crippen molar-refractivity contribution in [2.75, 3.05) is 19.8 Å². The van der Waals surface area contributed by atoms with Gasteiger partial charge in [0.15, 0.2) is 0 Å². The number of imidazole rings is 1. The lowest BCUT2D eigenvalue weighted by atomic mass is 9.99. The largest absolute Gasteiger partial charge is 0.481 e. The molecule has 28 N–H and O–H groups in total. The van der Waals surface area contributed by atoms with Gasteiger partial charge in [-0.05, 0) is 102 Å². The van der Waals surface area contributed by atoms with Gasteiger partial charge in [-0.3, -0.25) is 81.5 Å². The van der Waals surface area contributed by atoms with Crippen molar-refractivity contribution in [2.24, 2.45) is 46.8 Å². The molecule has 44 heteroatoms. The van der Waals surface area contributed by atoms with Crippen LogP contribution in [0.5, 0.6) is 0 Å². The molecule has 0 spiro atoms. The highest BCUT2D eigenvalue weighted by molar-refractivity contribution is 6.00. The second kappa shape index (κ2) is 51.3. The van der Waals surface area contributed by atoms with E-state index in [4.69, 9.17) is 17.2 Å². The Bertz CT molecular complexity index is 3450. The summed E-state index contributed by atoms with van der Waals surface area (Å²) >= 11 is 0. The van der Waals surface area contributed by atoms with E-state index in [1.165, 1.54) is 19.4 Å². The molecule has 650 valence electrons. The zero-order valence-electron chi connectivity index (χ0n) is 67.1. The van der Waals surface area contributed by atoms with Gasteiger partial charge in [0, 0.05) is 37.6 Å². The molecule has 17 atom stereocenters. The number of carbonyl (C=O) groups excluding carboxylic acids is 16. The SMILES string of the molecule is CC(C)C[C@H](NC(=O)[C@H](CC(C)C)NC(=O)[C@H](Cc1cnc[nH]1)NC(=O)[C@@H](N)[C@@H](C)O)C(=O)N[C@@H](CCC(N)=O)C(=O)NCC(=O)N[C@@H](CCC(N)=O)C(=O)N[C@@H](CO)C(=O)N[C@@H](CC(C)C)C(=O)N[C@H](C(=O)N[C@@H](CC(C)C)C(=O)N[C@H](C(=O)N[C@@H](CC(C)C)C(=O)N[C@@H](CCC(=O)O)C(=O)N[C@@H](CO)C(=O)O)[C@@H](C)O)[C@@H](C)O. The van der Waals surface area contributed by atoms with E-state index in [0.717, 1.165) is 13.8 Å². The fourth-order valence-corrected chi connectivity index (χ4v) is 11.1. The van der Waals surface area contributed by atoms with Gasteiger partial charge in [-0.1, -0.05) is 69.2 Å². The van der Waals surface area contributed by atoms with Gasteiger partial charge in [-0.15, -0.1) is 0 Å². The lowest BCUT2D eigenvalue weighted by molar-refractivity contribution is -0.144. The number of aliphatic hydroxyl groups is 5. The second-order valence-electron chi connectivity index (χ2n) is 30.2. The predicted octanol–water partition coefficient (Wildman–Crippen LogP) is -8.46. The Balaban J connectivity index is 3.47. The van der Waals surface area contributed by atoms with Crippen LogP contribution in [0, 0.1) is 29.6 Å². The number of aliphatic carboxylic acids is 2. The Labute approximate surface area is 665 Å². The fourth-order valence-electron chi connectivity index (χ4n) is 11.1. The number of hydrogen-bond donors (Lipinski definition) is 25. The molecule has 0 radical (unpaired) electrons. The third kappa shape index (κ3) is 39.4. The maximum absolute atomic E-state index is 14.2. The fraction of sp³-hybridized carbons (Fsp3) is 0.704. The average Bonchev–Trinajstić information content (AvgIpc) is 0.876. The van der Waals surface area contributed by atoms with Crippen LogP contribution in [0.3, 0.4) is 0 Å². The highest BCUT2D eigenvalue weighted by Gasteiger charge is 2.40. The Morgan fingerprint density at radius 3 is 0.983 bits per heavy atom. The molecule has 0 saturated carbocycles. The summed E-state index contributed by atoms with van der Waals surface area (Å²) in [5.41, 5.74) is 17.0. The maximum atomic E-state index is 14.2. The quantitative estimate of drug-likeness (QED) is 0.0288. The van der Waals surface area contributed by atoms with Gasteiger partial charge in [-0.2, -0.15) is 0 Å². The molecule has 0 saturated heterocycles. The van der Waals surface area contributed by atoms with Crippen molar-refractivity contribution in [2.45, 2.75) is 270 Å². The van der Waals surface area contributed by atoms with E-state index in [2.05, 4.69) is 79.1 Å². The number of carboxylic acid groups (broad SMARTS) is 2. The zero-order valence-corrected chi connectivity index (χ0v) is 67.1. The van der Waals surface area contributed by atoms with Crippen LogP contribution in [0.1, 0.15) is 166 Å². The highest BCUT2D eigenvalue weighted by Crippen LogP contribution is 2.16. The Morgan fingerprint density at radius 1 is 0.365 bits per heavy atom. The summed E-state index contributed by atoms with van der Waals surface area (Å²) < 4.78 is 0. The second-order valence-corrected chi connectivity index (χ2v) is 30.2. The van der Waals surface area contributed by atoms with Crippen molar-refractivity contribution in [1.29, 1.82) is 0 Å². The van der Waals surface area contributed by atoms with Gasteiger partial charge in [-0.25, -0.2) is 9.78 Å². The van der Waals surface area contributed by atoms with Crippen molar-refractivity contribution >= 4 is 106 Å². The van der Waals surface area contributed by atoms with Crippen LogP contribution in [0.4, 0.5) is 0 Å². The lowest BCUT2D eigenvalue weighted by Crippen LogP contribution is -2.63. The number of H-pyrrole nitrogens is 1. The standard InChI is InChI=1S/C71H121N19O25/c1-31(2)20-43(81-63(106)44(21-32(3)4)82-64(107)48(25-39-26-75-30-77-39)84-68(111)55(74)36(11)93)61(104)79-40(14-17-51(72)96)58(101)76-27-53(98)78-41(15-18-52(73)97)59(102)87-49(28-91)67(110)83-46(23-34(7)8)65(108)89-57(38(13)95)70(113)86-47(24-35(9)10)66(109)90-56(37(12)94)69(112)85-45(22-33(5)6)62(105)80-42(16-19-54(99)100)60(103)88-50(29-92)71(114)115/h26,30-38,40-50,55-57,91-95H,14-25,27-29,74H2,1-13H3,(H2,72,96)(H2,73,97)(H,75,77)(H,76,101)(H,78,98)(H,79,104)(H,80,105)(H,81,106)(H,82,107)(H,83,110)(H,84,111)(H,85,112)(H,86,113)(H,87,102)(H,88,103)(H,89,108)(H,90,109)(H,99,100)(H,114,115)/t36-,37-,38-,40+,41+,42+,43+,44+,45+,46+,47+,48+,49+,50+,55+,56+,57+/m1/s1. The van der Waals surface area contributed by atoms with Crippen LogP contribution in [0.2, 0.25) is 0 Å². The van der Waals surface area contributed by atoms with Gasteiger partial charge >= 0.3 is 11.9 Å². The molecule has 0 aliphatic heterocycles. The molecule has 0 unspecified atom stereocenters. The van der Waals surface area contributed by atoms with E-state index in [1.807, 2.05) is 5.32 Å². The number of aromatic nitrogens is 2. The number of primary amides is 2. The zero-order chi connectivity index (χ0) is 88.0. The average molecular weight is 1640 g/mol. The summed E-state index contributed by atoms with van der Waals surface area (Å²) in [6, 6.07) is -23.1. The molecule has 0 aliphatic rings. The molecule has 44 nitrogen and oxygen atoms in total. The third-order valence-corrected chi connectivity index (χ3v) is 17.2. The Hall–Kier alpha value is -10.6. The molecule has 1 rings (SSSR count). The van der Waals surface area contributed by atoms with Crippen LogP contribution < -0.4 is 91.6 Å². The molecular weight excluding hydrogens is 1520 g/mol. The van der Waals surface area contributed by atoms with Crippen molar-refractivity contribution in [3.05, 3.63) is 18.2 Å². The topological polar surface area (TPSA) is 724 Å². The number of aromatic amines is 1. The molecular formula is C71H121N19O25. The molecule has 1 heterocycles. The summed E-state index contributed by atoms with van der Waals surface area (Å²) in [5, 5.41) is 103. The summed E-state index contributed by atoms with van der Waals surface area (Å²) in [7, 11) is 0. The number of nitrogens with two attached hydrogens (primary N) is 3. The van der Waals surface area contributed by atoms with E-state index in [1.54, 1.807) is 69.2 Å². The van der Waals surface area contributed by atoms with Crippen LogP contribution >= 0.6 is 0 Å². The van der Waals surface area contributed by atoms with Gasteiger partial charge in [0.05, 0.1) is 44.4 Å². The maximum Gasteiger partial charge on any atom is 0.328 e. The van der Waals surface area contributed by atoms with Gasteiger partial charge in [0.1, 0.15) is 84.6 Å². The summed E-state index contributed by atoms with van der Waals surface area (Å²) in [4.78, 5) is 248. The van der Waals surface area contributed by atoms with E-state index >= 15 is 0 Å². The Morgan fingerprint density at radius 2 is 0.661 bits per heavy atom. The molecule has 0 aromatic carbocycles. The predicted molar refractivity (Wildman–Crippen MR) is 406 cm³/mol. The van der Waals surface area contributed by atoms with Gasteiger partial charge < -0.3 is 132 Å². The van der Waals surface area contributed by atoms with Crippen LogP contribution in [0.15, 0.2) is 12.5 Å². The van der Waals surface area contributed by atoms with Gasteiger partial charge in [0.25, 0.3) is 0 Å². The van der Waals surface area contributed by atoms with Crippen molar-refractivity contribution in [3.8, 4) is 0 Å². The molecule has 1 aromatic heterocycles. The lowest BCUT2D eigenvalue weighted by Gasteiger charge is -2.30. The first-order valence-electron chi connectivity index (χ1n) is 37.7. The number of rotatable bonds is 55. The number of amides is 16. The number of carboxylic acids is 2. The minimum atomic E-state index is -1.95. The number of carbonyl (C=O) groups is 18. The highest BCUT2D eigenvalue weighted by atomic mass is 16.4. The number of hydrogen-bond acceptors (Lipinski definition) is 25. The number of aliphatic hydroxyl groups excluding tert-OH is 5. The first-order chi connectivity index (χ1) is 53.5. The smallest absolute Gasteiger partial charge is 0.328 e. The minimum Gasteiger partial charge on any atom is -0.481 e. The number of nitrogens with zero attached hydrogens (tertiary/aromatic N) is 1. The van der Waals surface area contributed by atoms with E-state index in [-0.39, 0.29) is 56.3 Å². The molecule has 0 aliphatic carbocycles. The van der Waals surface area contributed by atoms with Crippen LogP contribution in [-0.4, -0.2) is 275 Å². The minimum absolute atomic E-state index is 0.00213. The van der Waals surface area contributed by atoms with E-state index in [9.17, 15) is 122 Å². The summed E-state index contributed by atoms with van der Waals surface area (Å²) in [6.45, 7) is 16.9. The first-order valence-corrected chi connectivity index (χ1v) is 37.7. The van der Waals surface area contributed by atoms with E-state index < -0.39 is 279 Å². The summed E-state index contributed by atoms with van der Waals surface area (Å²) in [5.74, 6) is -21.9. The third-order valence-electron chi connectivity index (χ3n) is 17.2.